The molecule has 4 aromatic rings. The average Bonchev–Trinajstić information content (AvgIpc) is 3.00. The smallest absolute Gasteiger partial charge is 0.143 e. The SMILES string of the molecule is Br.Oc1ccccc1-c1cc2c(Nc3cccc(Cl)c3)ncnc2[nH]1. The molecule has 0 amide bonds. The Hall–Kier alpha value is -2.57. The number of aromatic amines is 1. The number of phenolic OH excluding ortho intramolecular Hbond substituents is 1. The van der Waals surface area contributed by atoms with E-state index in [0.717, 1.165) is 16.8 Å². The summed E-state index contributed by atoms with van der Waals surface area (Å²) >= 11 is 6.02. The van der Waals surface area contributed by atoms with Crippen LogP contribution in [0.2, 0.25) is 5.02 Å². The monoisotopic (exact) mass is 416 g/mol. The van der Waals surface area contributed by atoms with E-state index in [2.05, 4.69) is 20.3 Å². The number of hydrogen-bond donors (Lipinski definition) is 3. The summed E-state index contributed by atoms with van der Waals surface area (Å²) in [6.45, 7) is 0. The number of fused-ring (bicyclic) bond motifs is 1. The van der Waals surface area contributed by atoms with E-state index in [9.17, 15) is 5.11 Å². The van der Waals surface area contributed by atoms with E-state index < -0.39 is 0 Å². The van der Waals surface area contributed by atoms with Crippen molar-refractivity contribution < 1.29 is 5.11 Å². The molecule has 0 saturated carbocycles. The van der Waals surface area contributed by atoms with Gasteiger partial charge < -0.3 is 15.4 Å². The number of aromatic nitrogens is 3. The molecule has 25 heavy (non-hydrogen) atoms. The fourth-order valence-electron chi connectivity index (χ4n) is 2.59. The number of anilines is 2. The van der Waals surface area contributed by atoms with Gasteiger partial charge in [-0.05, 0) is 36.4 Å². The third-order valence-electron chi connectivity index (χ3n) is 3.71. The van der Waals surface area contributed by atoms with Crippen LogP contribution in [0.25, 0.3) is 22.3 Å². The minimum atomic E-state index is 0. The highest BCUT2D eigenvalue weighted by atomic mass is 79.9. The second kappa shape index (κ2) is 7.13. The first kappa shape index (κ1) is 17.3. The van der Waals surface area contributed by atoms with Crippen molar-refractivity contribution in [2.24, 2.45) is 0 Å². The molecular formula is C18H14BrClN4O. The summed E-state index contributed by atoms with van der Waals surface area (Å²) in [5, 5.41) is 14.8. The minimum absolute atomic E-state index is 0. The number of H-pyrrole nitrogens is 1. The summed E-state index contributed by atoms with van der Waals surface area (Å²) < 4.78 is 0. The normalized spacial score (nSPS) is 10.4. The molecule has 0 fully saturated rings. The zero-order chi connectivity index (χ0) is 16.5. The summed E-state index contributed by atoms with van der Waals surface area (Å²) in [6.07, 6.45) is 1.49. The lowest BCUT2D eigenvalue weighted by atomic mass is 10.1. The van der Waals surface area contributed by atoms with Gasteiger partial charge in [0, 0.05) is 16.3 Å². The highest BCUT2D eigenvalue weighted by Gasteiger charge is 2.11. The van der Waals surface area contributed by atoms with E-state index in [-0.39, 0.29) is 22.7 Å². The molecule has 0 bridgehead atoms. The topological polar surface area (TPSA) is 73.8 Å². The molecular weight excluding hydrogens is 404 g/mol. The number of rotatable bonds is 3. The zero-order valence-electron chi connectivity index (χ0n) is 12.9. The molecule has 2 aromatic carbocycles. The van der Waals surface area contributed by atoms with Crippen molar-refractivity contribution in [3.8, 4) is 17.0 Å². The number of benzene rings is 2. The molecule has 0 atom stereocenters. The van der Waals surface area contributed by atoms with E-state index in [1.807, 2.05) is 42.5 Å². The Morgan fingerprint density at radius 3 is 2.64 bits per heavy atom. The number of para-hydroxylation sites is 1. The van der Waals surface area contributed by atoms with Crippen LogP contribution >= 0.6 is 28.6 Å². The zero-order valence-corrected chi connectivity index (χ0v) is 15.4. The number of hydrogen-bond acceptors (Lipinski definition) is 4. The lowest BCUT2D eigenvalue weighted by molar-refractivity contribution is 0.477. The molecule has 0 saturated heterocycles. The van der Waals surface area contributed by atoms with Gasteiger partial charge in [-0.15, -0.1) is 17.0 Å². The number of nitrogens with zero attached hydrogens (tertiary/aromatic N) is 2. The van der Waals surface area contributed by atoms with E-state index in [0.29, 0.717) is 22.1 Å². The molecule has 7 heteroatoms. The quantitative estimate of drug-likeness (QED) is 0.422. The van der Waals surface area contributed by atoms with Crippen LogP contribution in [0.15, 0.2) is 60.9 Å². The molecule has 0 unspecified atom stereocenters. The van der Waals surface area contributed by atoms with E-state index in [4.69, 9.17) is 11.6 Å². The van der Waals surface area contributed by atoms with Crippen LogP contribution in [0, 0.1) is 0 Å². The second-order valence-electron chi connectivity index (χ2n) is 5.32. The average molecular weight is 418 g/mol. The molecule has 0 spiro atoms. The fraction of sp³-hybridized carbons (Fsp3) is 0. The molecule has 5 nitrogen and oxygen atoms in total. The second-order valence-corrected chi connectivity index (χ2v) is 5.76. The largest absolute Gasteiger partial charge is 0.507 e. The Bertz CT molecular complexity index is 1030. The third-order valence-corrected chi connectivity index (χ3v) is 3.94. The van der Waals surface area contributed by atoms with Crippen LogP contribution < -0.4 is 5.32 Å². The molecule has 3 N–H and O–H groups in total. The Morgan fingerprint density at radius 1 is 1.00 bits per heavy atom. The molecule has 0 aliphatic rings. The first-order valence-electron chi connectivity index (χ1n) is 7.35. The minimum Gasteiger partial charge on any atom is -0.507 e. The van der Waals surface area contributed by atoms with Gasteiger partial charge in [0.05, 0.1) is 11.1 Å². The lowest BCUT2D eigenvalue weighted by Crippen LogP contribution is -1.94. The van der Waals surface area contributed by atoms with Crippen LogP contribution in [-0.2, 0) is 0 Å². The lowest BCUT2D eigenvalue weighted by Gasteiger charge is -2.06. The number of aromatic hydroxyl groups is 1. The Kier molecular flexibility index (Phi) is 4.92. The van der Waals surface area contributed by atoms with E-state index in [1.165, 1.54) is 6.33 Å². The van der Waals surface area contributed by atoms with Crippen LogP contribution in [0.4, 0.5) is 11.5 Å². The predicted octanol–water partition coefficient (Wildman–Crippen LogP) is 5.31. The van der Waals surface area contributed by atoms with Crippen LogP contribution in [0.5, 0.6) is 5.75 Å². The number of phenols is 1. The molecule has 2 heterocycles. The maximum atomic E-state index is 10.0. The van der Waals surface area contributed by atoms with E-state index >= 15 is 0 Å². The maximum absolute atomic E-state index is 10.0. The van der Waals surface area contributed by atoms with Crippen LogP contribution in [-0.4, -0.2) is 20.1 Å². The Balaban J connectivity index is 0.00000182. The van der Waals surface area contributed by atoms with Gasteiger partial charge in [0.1, 0.15) is 23.5 Å². The van der Waals surface area contributed by atoms with E-state index in [1.54, 1.807) is 12.1 Å². The van der Waals surface area contributed by atoms with Gasteiger partial charge in [-0.2, -0.15) is 0 Å². The predicted molar refractivity (Wildman–Crippen MR) is 106 cm³/mol. The first-order chi connectivity index (χ1) is 11.7. The summed E-state index contributed by atoms with van der Waals surface area (Å²) in [4.78, 5) is 11.8. The maximum Gasteiger partial charge on any atom is 0.143 e. The summed E-state index contributed by atoms with van der Waals surface area (Å²) in [6, 6.07) is 16.5. The van der Waals surface area contributed by atoms with Gasteiger partial charge in [-0.1, -0.05) is 29.8 Å². The van der Waals surface area contributed by atoms with Gasteiger partial charge in [-0.3, -0.25) is 0 Å². The first-order valence-corrected chi connectivity index (χ1v) is 7.73. The Morgan fingerprint density at radius 2 is 1.84 bits per heavy atom. The van der Waals surface area contributed by atoms with Gasteiger partial charge in [-0.25, -0.2) is 9.97 Å². The third kappa shape index (κ3) is 3.45. The van der Waals surface area contributed by atoms with Crippen molar-refractivity contribution in [2.75, 3.05) is 5.32 Å². The van der Waals surface area contributed by atoms with Gasteiger partial charge in [0.15, 0.2) is 0 Å². The van der Waals surface area contributed by atoms with Crippen molar-refractivity contribution >= 4 is 51.1 Å². The molecule has 126 valence electrons. The number of nitrogens with one attached hydrogen (secondary N) is 2. The van der Waals surface area contributed by atoms with Crippen LogP contribution in [0.1, 0.15) is 0 Å². The fourth-order valence-corrected chi connectivity index (χ4v) is 2.78. The summed E-state index contributed by atoms with van der Waals surface area (Å²) in [5.74, 6) is 0.876. The van der Waals surface area contributed by atoms with Crippen molar-refractivity contribution in [1.82, 2.24) is 15.0 Å². The van der Waals surface area contributed by atoms with Crippen LogP contribution in [0.3, 0.4) is 0 Å². The summed E-state index contributed by atoms with van der Waals surface area (Å²) in [5.41, 5.74) is 3.02. The molecule has 4 rings (SSSR count). The molecule has 0 radical (unpaired) electrons. The Labute approximate surface area is 159 Å². The highest BCUT2D eigenvalue weighted by molar-refractivity contribution is 8.93. The summed E-state index contributed by atoms with van der Waals surface area (Å²) in [7, 11) is 0. The molecule has 0 aliphatic carbocycles. The van der Waals surface area contributed by atoms with Crippen molar-refractivity contribution in [2.45, 2.75) is 0 Å². The van der Waals surface area contributed by atoms with Gasteiger partial charge >= 0.3 is 0 Å². The molecule has 0 aliphatic heterocycles. The highest BCUT2D eigenvalue weighted by Crippen LogP contribution is 2.32. The van der Waals surface area contributed by atoms with Crippen molar-refractivity contribution in [1.29, 1.82) is 0 Å². The molecule has 2 aromatic heterocycles. The van der Waals surface area contributed by atoms with Crippen molar-refractivity contribution in [3.05, 3.63) is 65.9 Å². The van der Waals surface area contributed by atoms with Gasteiger partial charge in [0.25, 0.3) is 0 Å². The van der Waals surface area contributed by atoms with Crippen molar-refractivity contribution in [3.63, 3.8) is 0 Å². The van der Waals surface area contributed by atoms with Gasteiger partial charge in [0.2, 0.25) is 0 Å². The number of halogens is 2. The standard InChI is InChI=1S/C18H13ClN4O.BrH/c19-11-4-3-5-12(8-11)22-17-14-9-15(23-18(14)21-10-20-17)13-6-1-2-7-16(13)24;/h1-10,24H,(H2,20,21,22,23);1H.